The van der Waals surface area contributed by atoms with Gasteiger partial charge in [0.1, 0.15) is 0 Å². The first-order chi connectivity index (χ1) is 8.86. The first kappa shape index (κ1) is 16.6. The molecule has 0 fully saturated rings. The first-order valence-electron chi connectivity index (χ1n) is 5.90. The van der Waals surface area contributed by atoms with E-state index in [0.29, 0.717) is 16.6 Å². The standard InChI is InChI=1S/C12H19BrN2O3S/c1-15(2)7-3-6-14-19(17,18)12-5-4-10(9-16)8-11(12)13/h4-5,8,14,16H,3,6-7,9H2,1-2H3. The quantitative estimate of drug-likeness (QED) is 0.724. The van der Waals surface area contributed by atoms with Crippen molar-refractivity contribution in [2.75, 3.05) is 27.2 Å². The van der Waals surface area contributed by atoms with E-state index in [1.54, 1.807) is 12.1 Å². The van der Waals surface area contributed by atoms with Crippen LogP contribution in [0, 0.1) is 0 Å². The summed E-state index contributed by atoms with van der Waals surface area (Å²) in [4.78, 5) is 2.19. The molecule has 0 aliphatic heterocycles. The molecule has 1 rings (SSSR count). The fourth-order valence-corrected chi connectivity index (χ4v) is 3.74. The lowest BCUT2D eigenvalue weighted by molar-refractivity contribution is 0.281. The molecule has 0 aromatic heterocycles. The highest BCUT2D eigenvalue weighted by molar-refractivity contribution is 9.10. The highest BCUT2D eigenvalue weighted by atomic mass is 79.9. The van der Waals surface area contributed by atoms with Crippen LogP contribution in [0.2, 0.25) is 0 Å². The van der Waals surface area contributed by atoms with Crippen LogP contribution in [0.5, 0.6) is 0 Å². The van der Waals surface area contributed by atoms with Gasteiger partial charge in [0, 0.05) is 11.0 Å². The lowest BCUT2D eigenvalue weighted by Gasteiger charge is -2.11. The predicted molar refractivity (Wildman–Crippen MR) is 78.4 cm³/mol. The van der Waals surface area contributed by atoms with Crippen molar-refractivity contribution in [1.29, 1.82) is 0 Å². The summed E-state index contributed by atoms with van der Waals surface area (Å²) in [6.45, 7) is 1.11. The van der Waals surface area contributed by atoms with Crippen molar-refractivity contribution < 1.29 is 13.5 Å². The van der Waals surface area contributed by atoms with Crippen LogP contribution in [0.25, 0.3) is 0 Å². The van der Waals surface area contributed by atoms with E-state index in [4.69, 9.17) is 5.11 Å². The second-order valence-electron chi connectivity index (χ2n) is 4.48. The Morgan fingerprint density at radius 2 is 2.05 bits per heavy atom. The van der Waals surface area contributed by atoms with Crippen molar-refractivity contribution in [3.8, 4) is 0 Å². The summed E-state index contributed by atoms with van der Waals surface area (Å²) >= 11 is 3.22. The van der Waals surface area contributed by atoms with Crippen molar-refractivity contribution >= 4 is 26.0 Å². The molecule has 19 heavy (non-hydrogen) atoms. The molecule has 1 aromatic carbocycles. The third-order valence-corrected chi connectivity index (χ3v) is 4.98. The number of sulfonamides is 1. The second kappa shape index (κ2) is 7.35. The molecule has 108 valence electrons. The third kappa shape index (κ3) is 5.19. The number of nitrogens with zero attached hydrogens (tertiary/aromatic N) is 1. The predicted octanol–water partition coefficient (Wildman–Crippen LogP) is 1.17. The van der Waals surface area contributed by atoms with E-state index in [1.165, 1.54) is 6.07 Å². The Balaban J connectivity index is 2.72. The van der Waals surface area contributed by atoms with Crippen molar-refractivity contribution in [2.45, 2.75) is 17.9 Å². The number of rotatable bonds is 7. The molecule has 0 atom stereocenters. The van der Waals surface area contributed by atoms with Gasteiger partial charge in [-0.05, 0) is 60.7 Å². The summed E-state index contributed by atoms with van der Waals surface area (Å²) in [5.74, 6) is 0. The lowest BCUT2D eigenvalue weighted by atomic mass is 10.2. The van der Waals surface area contributed by atoms with Gasteiger partial charge in [-0.25, -0.2) is 13.1 Å². The fourth-order valence-electron chi connectivity index (χ4n) is 1.54. The van der Waals surface area contributed by atoms with Gasteiger partial charge in [-0.1, -0.05) is 6.07 Å². The average molecular weight is 351 g/mol. The molecule has 0 saturated carbocycles. The Labute approximate surface area is 122 Å². The van der Waals surface area contributed by atoms with Crippen LogP contribution in [0.4, 0.5) is 0 Å². The molecule has 0 bridgehead atoms. The number of nitrogens with one attached hydrogen (secondary N) is 1. The molecule has 0 amide bonds. The molecule has 0 aliphatic rings. The van der Waals surface area contributed by atoms with Gasteiger partial charge in [0.25, 0.3) is 0 Å². The van der Waals surface area contributed by atoms with Gasteiger partial charge >= 0.3 is 0 Å². The average Bonchev–Trinajstić information content (AvgIpc) is 2.34. The summed E-state index contributed by atoms with van der Waals surface area (Å²) in [5.41, 5.74) is 0.665. The summed E-state index contributed by atoms with van der Waals surface area (Å²) in [7, 11) is 0.375. The number of benzene rings is 1. The molecule has 0 unspecified atom stereocenters. The number of hydrogen-bond donors (Lipinski definition) is 2. The van der Waals surface area contributed by atoms with Crippen LogP contribution in [0.3, 0.4) is 0 Å². The highest BCUT2D eigenvalue weighted by Gasteiger charge is 2.17. The molecule has 0 aliphatic carbocycles. The molecular weight excluding hydrogens is 332 g/mol. The highest BCUT2D eigenvalue weighted by Crippen LogP contribution is 2.23. The van der Waals surface area contributed by atoms with E-state index < -0.39 is 10.0 Å². The monoisotopic (exact) mass is 350 g/mol. The minimum Gasteiger partial charge on any atom is -0.392 e. The van der Waals surface area contributed by atoms with Crippen LogP contribution in [0.1, 0.15) is 12.0 Å². The molecule has 0 spiro atoms. The number of halogens is 1. The van der Waals surface area contributed by atoms with Crippen LogP contribution in [0.15, 0.2) is 27.6 Å². The largest absolute Gasteiger partial charge is 0.392 e. The van der Waals surface area contributed by atoms with Crippen LogP contribution in [-0.2, 0) is 16.6 Å². The maximum absolute atomic E-state index is 12.1. The first-order valence-corrected chi connectivity index (χ1v) is 8.18. The maximum atomic E-state index is 12.1. The molecule has 0 radical (unpaired) electrons. The summed E-state index contributed by atoms with van der Waals surface area (Å²) in [6, 6.07) is 4.69. The zero-order valence-electron chi connectivity index (χ0n) is 11.1. The van der Waals surface area contributed by atoms with E-state index in [2.05, 4.69) is 20.7 Å². The fraction of sp³-hybridized carbons (Fsp3) is 0.500. The Hall–Kier alpha value is -0.470. The zero-order valence-corrected chi connectivity index (χ0v) is 13.5. The van der Waals surface area contributed by atoms with Gasteiger partial charge in [0.2, 0.25) is 10.0 Å². The number of hydrogen-bond acceptors (Lipinski definition) is 4. The van der Waals surface area contributed by atoms with Crippen molar-refractivity contribution in [2.24, 2.45) is 0 Å². The lowest BCUT2D eigenvalue weighted by Crippen LogP contribution is -2.27. The maximum Gasteiger partial charge on any atom is 0.241 e. The Bertz CT molecular complexity index is 518. The van der Waals surface area contributed by atoms with Gasteiger partial charge in [0.05, 0.1) is 11.5 Å². The van der Waals surface area contributed by atoms with Crippen LogP contribution in [-0.4, -0.2) is 45.6 Å². The summed E-state index contributed by atoms with van der Waals surface area (Å²) in [6.07, 6.45) is 0.749. The topological polar surface area (TPSA) is 69.6 Å². The van der Waals surface area contributed by atoms with Gasteiger partial charge in [0.15, 0.2) is 0 Å². The Morgan fingerprint density at radius 1 is 1.37 bits per heavy atom. The molecule has 5 nitrogen and oxygen atoms in total. The third-order valence-electron chi connectivity index (χ3n) is 2.54. The SMILES string of the molecule is CN(C)CCCNS(=O)(=O)c1ccc(CO)cc1Br. The molecular formula is C12H19BrN2O3S. The molecule has 0 heterocycles. The molecule has 7 heteroatoms. The van der Waals surface area contributed by atoms with Crippen molar-refractivity contribution in [3.05, 3.63) is 28.2 Å². The minimum absolute atomic E-state index is 0.116. The van der Waals surface area contributed by atoms with Gasteiger partial charge in [-0.3, -0.25) is 0 Å². The second-order valence-corrected chi connectivity index (χ2v) is 7.07. The van der Waals surface area contributed by atoms with Gasteiger partial charge < -0.3 is 10.0 Å². The van der Waals surface area contributed by atoms with E-state index in [1.807, 2.05) is 19.0 Å². The van der Waals surface area contributed by atoms with E-state index in [0.717, 1.165) is 13.0 Å². The Morgan fingerprint density at radius 3 is 2.58 bits per heavy atom. The van der Waals surface area contributed by atoms with E-state index in [9.17, 15) is 8.42 Å². The summed E-state index contributed by atoms with van der Waals surface area (Å²) < 4.78 is 27.2. The smallest absolute Gasteiger partial charge is 0.241 e. The van der Waals surface area contributed by atoms with Crippen molar-refractivity contribution in [1.82, 2.24) is 9.62 Å². The Kier molecular flexibility index (Phi) is 6.41. The summed E-state index contributed by atoms with van der Waals surface area (Å²) in [5, 5.41) is 8.99. The van der Waals surface area contributed by atoms with Crippen LogP contribution < -0.4 is 4.72 Å². The number of aliphatic hydroxyl groups is 1. The van der Waals surface area contributed by atoms with E-state index in [-0.39, 0.29) is 11.5 Å². The van der Waals surface area contributed by atoms with Gasteiger partial charge in [-0.15, -0.1) is 0 Å². The van der Waals surface area contributed by atoms with Crippen LogP contribution >= 0.6 is 15.9 Å². The normalized spacial score (nSPS) is 12.1. The zero-order chi connectivity index (χ0) is 14.5. The van der Waals surface area contributed by atoms with Gasteiger partial charge in [-0.2, -0.15) is 0 Å². The van der Waals surface area contributed by atoms with E-state index >= 15 is 0 Å². The molecule has 1 aromatic rings. The van der Waals surface area contributed by atoms with Crippen molar-refractivity contribution in [3.63, 3.8) is 0 Å². The minimum atomic E-state index is -3.51. The molecule has 2 N–H and O–H groups in total. The molecule has 0 saturated heterocycles. The number of aliphatic hydroxyl groups excluding tert-OH is 1.